The zero-order valence-electron chi connectivity index (χ0n) is 12.2. The number of hydrogen-bond donors (Lipinski definition) is 2. The Morgan fingerprint density at radius 1 is 1.20 bits per heavy atom. The summed E-state index contributed by atoms with van der Waals surface area (Å²) in [5, 5.41) is 14.6. The van der Waals surface area contributed by atoms with Gasteiger partial charge in [-0.25, -0.2) is 0 Å². The lowest BCUT2D eigenvalue weighted by Crippen LogP contribution is -2.19. The first-order valence-electron chi connectivity index (χ1n) is 7.25. The Bertz CT molecular complexity index is 554. The van der Waals surface area contributed by atoms with Crippen molar-refractivity contribution in [1.82, 2.24) is 5.32 Å². The van der Waals surface area contributed by atoms with Crippen LogP contribution in [0.5, 0.6) is 5.75 Å². The molecule has 0 aliphatic rings. The SMILES string of the molecule is CCC(C)Oc1ccc2ccccc2c1CNCCO. The second-order valence-electron chi connectivity index (χ2n) is 5.00. The lowest BCUT2D eigenvalue weighted by atomic mass is 10.0. The van der Waals surface area contributed by atoms with E-state index in [2.05, 4.69) is 37.4 Å². The van der Waals surface area contributed by atoms with Crippen LogP contribution in [0.4, 0.5) is 0 Å². The molecule has 0 radical (unpaired) electrons. The Labute approximate surface area is 120 Å². The van der Waals surface area contributed by atoms with Crippen molar-refractivity contribution in [2.75, 3.05) is 13.2 Å². The van der Waals surface area contributed by atoms with Gasteiger partial charge in [0.25, 0.3) is 0 Å². The fourth-order valence-corrected chi connectivity index (χ4v) is 2.20. The maximum atomic E-state index is 8.92. The second-order valence-corrected chi connectivity index (χ2v) is 5.00. The highest BCUT2D eigenvalue weighted by Crippen LogP contribution is 2.29. The number of fused-ring (bicyclic) bond motifs is 1. The molecule has 3 heteroatoms. The molecule has 0 aliphatic carbocycles. The van der Waals surface area contributed by atoms with Crippen LogP contribution in [0.1, 0.15) is 25.8 Å². The van der Waals surface area contributed by atoms with E-state index < -0.39 is 0 Å². The van der Waals surface area contributed by atoms with Crippen LogP contribution in [-0.2, 0) is 6.54 Å². The van der Waals surface area contributed by atoms with E-state index in [1.165, 1.54) is 10.8 Å². The molecule has 0 amide bonds. The second kappa shape index (κ2) is 7.27. The first-order chi connectivity index (χ1) is 9.76. The third-order valence-corrected chi connectivity index (χ3v) is 3.49. The van der Waals surface area contributed by atoms with Gasteiger partial charge in [0.15, 0.2) is 0 Å². The molecule has 0 saturated carbocycles. The molecule has 1 unspecified atom stereocenters. The molecule has 108 valence electrons. The third kappa shape index (κ3) is 3.50. The van der Waals surface area contributed by atoms with E-state index in [0.29, 0.717) is 13.1 Å². The van der Waals surface area contributed by atoms with Crippen molar-refractivity contribution in [3.8, 4) is 5.75 Å². The minimum atomic E-state index is 0.145. The Kier molecular flexibility index (Phi) is 5.39. The number of aliphatic hydroxyl groups is 1. The van der Waals surface area contributed by atoms with Crippen LogP contribution >= 0.6 is 0 Å². The number of hydrogen-bond acceptors (Lipinski definition) is 3. The van der Waals surface area contributed by atoms with Crippen LogP contribution in [0, 0.1) is 0 Å². The number of nitrogens with one attached hydrogen (secondary N) is 1. The highest BCUT2D eigenvalue weighted by atomic mass is 16.5. The van der Waals surface area contributed by atoms with Crippen LogP contribution < -0.4 is 10.1 Å². The van der Waals surface area contributed by atoms with Gasteiger partial charge in [-0.15, -0.1) is 0 Å². The number of ether oxygens (including phenoxy) is 1. The number of benzene rings is 2. The summed E-state index contributed by atoms with van der Waals surface area (Å²) in [6.07, 6.45) is 1.18. The molecule has 0 aromatic heterocycles. The topological polar surface area (TPSA) is 41.5 Å². The molecule has 20 heavy (non-hydrogen) atoms. The molecule has 3 nitrogen and oxygen atoms in total. The predicted molar refractivity (Wildman–Crippen MR) is 83.1 cm³/mol. The normalized spacial score (nSPS) is 12.6. The van der Waals surface area contributed by atoms with E-state index >= 15 is 0 Å². The largest absolute Gasteiger partial charge is 0.490 e. The molecule has 0 spiro atoms. The van der Waals surface area contributed by atoms with Crippen LogP contribution in [0.3, 0.4) is 0 Å². The summed E-state index contributed by atoms with van der Waals surface area (Å²) in [6, 6.07) is 12.5. The van der Waals surface area contributed by atoms with Gasteiger partial charge in [0.2, 0.25) is 0 Å². The van der Waals surface area contributed by atoms with Crippen LogP contribution in [-0.4, -0.2) is 24.4 Å². The quantitative estimate of drug-likeness (QED) is 0.762. The lowest BCUT2D eigenvalue weighted by Gasteiger charge is -2.18. The summed E-state index contributed by atoms with van der Waals surface area (Å²) in [6.45, 7) is 5.64. The van der Waals surface area contributed by atoms with Gasteiger partial charge in [-0.1, -0.05) is 37.3 Å². The molecule has 2 aromatic rings. The van der Waals surface area contributed by atoms with Crippen LogP contribution in [0.2, 0.25) is 0 Å². The van der Waals surface area contributed by atoms with Gasteiger partial charge >= 0.3 is 0 Å². The van der Waals surface area contributed by atoms with E-state index in [9.17, 15) is 0 Å². The molecular formula is C17H23NO2. The van der Waals surface area contributed by atoms with Gasteiger partial charge in [0.05, 0.1) is 12.7 Å². The molecule has 2 N–H and O–H groups in total. The number of rotatable bonds is 7. The van der Waals surface area contributed by atoms with Crippen molar-refractivity contribution in [3.05, 3.63) is 42.0 Å². The molecule has 2 aromatic carbocycles. The minimum absolute atomic E-state index is 0.145. The van der Waals surface area contributed by atoms with Crippen molar-refractivity contribution >= 4 is 10.8 Å². The van der Waals surface area contributed by atoms with Crippen molar-refractivity contribution in [1.29, 1.82) is 0 Å². The van der Waals surface area contributed by atoms with E-state index in [4.69, 9.17) is 9.84 Å². The molecule has 0 aliphatic heterocycles. The predicted octanol–water partition coefficient (Wildman–Crippen LogP) is 3.10. The Balaban J connectivity index is 2.36. The highest BCUT2D eigenvalue weighted by molar-refractivity contribution is 5.87. The summed E-state index contributed by atoms with van der Waals surface area (Å²) in [5.74, 6) is 0.934. The maximum Gasteiger partial charge on any atom is 0.124 e. The van der Waals surface area contributed by atoms with Gasteiger partial charge in [0.1, 0.15) is 5.75 Å². The zero-order valence-corrected chi connectivity index (χ0v) is 12.2. The Morgan fingerprint density at radius 2 is 2.00 bits per heavy atom. The van der Waals surface area contributed by atoms with E-state index in [-0.39, 0.29) is 12.7 Å². The van der Waals surface area contributed by atoms with Gasteiger partial charge in [0, 0.05) is 18.7 Å². The molecule has 0 saturated heterocycles. The standard InChI is InChI=1S/C17H23NO2/c1-3-13(2)20-17-9-8-14-6-4-5-7-15(14)16(17)12-18-10-11-19/h4-9,13,18-19H,3,10-12H2,1-2H3. The van der Waals surface area contributed by atoms with Crippen molar-refractivity contribution < 1.29 is 9.84 Å². The first kappa shape index (κ1) is 14.8. The van der Waals surface area contributed by atoms with E-state index in [1.807, 2.05) is 18.2 Å². The van der Waals surface area contributed by atoms with Crippen molar-refractivity contribution in [2.24, 2.45) is 0 Å². The van der Waals surface area contributed by atoms with E-state index in [1.54, 1.807) is 0 Å². The smallest absolute Gasteiger partial charge is 0.124 e. The Hall–Kier alpha value is -1.58. The van der Waals surface area contributed by atoms with Crippen molar-refractivity contribution in [3.63, 3.8) is 0 Å². The van der Waals surface area contributed by atoms with Crippen LogP contribution in [0.25, 0.3) is 10.8 Å². The zero-order chi connectivity index (χ0) is 14.4. The summed E-state index contributed by atoms with van der Waals surface area (Å²) < 4.78 is 6.03. The lowest BCUT2D eigenvalue weighted by molar-refractivity contribution is 0.215. The fraction of sp³-hybridized carbons (Fsp3) is 0.412. The van der Waals surface area contributed by atoms with Gasteiger partial charge in [-0.2, -0.15) is 0 Å². The van der Waals surface area contributed by atoms with Crippen LogP contribution in [0.15, 0.2) is 36.4 Å². The molecule has 0 fully saturated rings. The summed E-state index contributed by atoms with van der Waals surface area (Å²) in [4.78, 5) is 0. The van der Waals surface area contributed by atoms with Gasteiger partial charge in [-0.05, 0) is 30.2 Å². The Morgan fingerprint density at radius 3 is 2.75 bits per heavy atom. The fourth-order valence-electron chi connectivity index (χ4n) is 2.20. The minimum Gasteiger partial charge on any atom is -0.490 e. The average molecular weight is 273 g/mol. The maximum absolute atomic E-state index is 8.92. The van der Waals surface area contributed by atoms with Crippen molar-refractivity contribution in [2.45, 2.75) is 32.9 Å². The summed E-state index contributed by atoms with van der Waals surface area (Å²) in [7, 11) is 0. The number of aliphatic hydroxyl groups excluding tert-OH is 1. The summed E-state index contributed by atoms with van der Waals surface area (Å²) >= 11 is 0. The average Bonchev–Trinajstić information content (AvgIpc) is 2.49. The van der Waals surface area contributed by atoms with Gasteiger partial charge in [-0.3, -0.25) is 0 Å². The molecular weight excluding hydrogens is 250 g/mol. The first-order valence-corrected chi connectivity index (χ1v) is 7.25. The third-order valence-electron chi connectivity index (χ3n) is 3.49. The van der Waals surface area contributed by atoms with Gasteiger partial charge < -0.3 is 15.2 Å². The molecule has 1 atom stereocenters. The molecule has 0 heterocycles. The summed E-state index contributed by atoms with van der Waals surface area (Å²) in [5.41, 5.74) is 1.16. The molecule has 2 rings (SSSR count). The monoisotopic (exact) mass is 273 g/mol. The van der Waals surface area contributed by atoms with E-state index in [0.717, 1.165) is 17.7 Å². The molecule has 0 bridgehead atoms. The highest BCUT2D eigenvalue weighted by Gasteiger charge is 2.10.